The molecule has 0 radical (unpaired) electrons. The molecule has 0 amide bonds. The second-order valence-corrected chi connectivity index (χ2v) is 5.49. The Morgan fingerprint density at radius 1 is 1.28 bits per heavy atom. The first-order valence-electron chi connectivity index (χ1n) is 5.93. The Bertz CT molecular complexity index is 516. The van der Waals surface area contributed by atoms with Crippen molar-refractivity contribution in [1.82, 2.24) is 20.2 Å². The van der Waals surface area contributed by atoms with Crippen LogP contribution in [0, 0.1) is 5.92 Å². The first-order chi connectivity index (χ1) is 8.84. The van der Waals surface area contributed by atoms with Crippen LogP contribution in [0.25, 0.3) is 5.69 Å². The van der Waals surface area contributed by atoms with E-state index < -0.39 is 0 Å². The molecule has 1 fully saturated rings. The van der Waals surface area contributed by atoms with Crippen LogP contribution >= 0.6 is 11.8 Å². The van der Waals surface area contributed by atoms with Crippen LogP contribution in [0.1, 0.15) is 5.82 Å². The lowest BCUT2D eigenvalue weighted by molar-refractivity contribution is 0.148. The highest BCUT2D eigenvalue weighted by Crippen LogP contribution is 2.26. The van der Waals surface area contributed by atoms with Gasteiger partial charge in [-0.3, -0.25) is 0 Å². The third-order valence-electron chi connectivity index (χ3n) is 3.14. The summed E-state index contributed by atoms with van der Waals surface area (Å²) in [5.41, 5.74) is 0.956. The Hall–Kier alpha value is -1.40. The highest BCUT2D eigenvalue weighted by molar-refractivity contribution is 7.99. The van der Waals surface area contributed by atoms with Crippen LogP contribution in [-0.2, 0) is 6.42 Å². The molecule has 0 bridgehead atoms. The van der Waals surface area contributed by atoms with Crippen molar-refractivity contribution in [3.05, 3.63) is 36.2 Å². The lowest BCUT2D eigenvalue weighted by atomic mass is 10.0. The predicted molar refractivity (Wildman–Crippen MR) is 69.7 cm³/mol. The fourth-order valence-corrected chi connectivity index (χ4v) is 3.41. The molecular weight excluding hydrogens is 248 g/mol. The second-order valence-electron chi connectivity index (χ2n) is 4.41. The maximum atomic E-state index is 9.85. The van der Waals surface area contributed by atoms with Gasteiger partial charge in [0.2, 0.25) is 0 Å². The van der Waals surface area contributed by atoms with E-state index in [1.807, 2.05) is 30.3 Å². The first-order valence-corrected chi connectivity index (χ1v) is 7.08. The fourth-order valence-electron chi connectivity index (χ4n) is 2.12. The molecule has 2 unspecified atom stereocenters. The number of hydrogen-bond acceptors (Lipinski definition) is 5. The summed E-state index contributed by atoms with van der Waals surface area (Å²) >= 11 is 1.79. The summed E-state index contributed by atoms with van der Waals surface area (Å²) in [5, 5.41) is 21.7. The number of para-hydroxylation sites is 1. The van der Waals surface area contributed by atoms with E-state index in [0.29, 0.717) is 0 Å². The number of tetrazole rings is 1. The van der Waals surface area contributed by atoms with Crippen molar-refractivity contribution in [3.8, 4) is 5.69 Å². The third-order valence-corrected chi connectivity index (χ3v) is 4.39. The molecule has 1 aromatic carbocycles. The highest BCUT2D eigenvalue weighted by Gasteiger charge is 2.27. The SMILES string of the molecule is OC1CSCC1Cc1nnnn1-c1ccccc1. The topological polar surface area (TPSA) is 63.8 Å². The Morgan fingerprint density at radius 3 is 2.83 bits per heavy atom. The molecule has 2 aromatic rings. The summed E-state index contributed by atoms with van der Waals surface area (Å²) in [6, 6.07) is 9.83. The fraction of sp³-hybridized carbons (Fsp3) is 0.417. The van der Waals surface area contributed by atoms with Crippen LogP contribution in [0.15, 0.2) is 30.3 Å². The predicted octanol–water partition coefficient (Wildman–Crippen LogP) is 0.929. The van der Waals surface area contributed by atoms with E-state index in [1.165, 1.54) is 0 Å². The molecule has 1 aromatic heterocycles. The molecule has 2 atom stereocenters. The van der Waals surface area contributed by atoms with Crippen molar-refractivity contribution in [2.75, 3.05) is 11.5 Å². The Morgan fingerprint density at radius 2 is 2.11 bits per heavy atom. The summed E-state index contributed by atoms with van der Waals surface area (Å²) in [6.45, 7) is 0. The minimum atomic E-state index is -0.240. The van der Waals surface area contributed by atoms with E-state index in [0.717, 1.165) is 29.4 Å². The van der Waals surface area contributed by atoms with Crippen LogP contribution in [0.5, 0.6) is 0 Å². The molecule has 0 aliphatic carbocycles. The van der Waals surface area contributed by atoms with Crippen LogP contribution < -0.4 is 0 Å². The van der Waals surface area contributed by atoms with Crippen LogP contribution in [0.2, 0.25) is 0 Å². The maximum absolute atomic E-state index is 9.85. The molecule has 18 heavy (non-hydrogen) atoms. The Kier molecular flexibility index (Phi) is 3.29. The second kappa shape index (κ2) is 5.07. The quantitative estimate of drug-likeness (QED) is 0.891. The van der Waals surface area contributed by atoms with E-state index in [4.69, 9.17) is 0 Å². The summed E-state index contributed by atoms with van der Waals surface area (Å²) in [6.07, 6.45) is 0.478. The van der Waals surface area contributed by atoms with E-state index in [2.05, 4.69) is 15.5 Å². The molecule has 0 spiro atoms. The van der Waals surface area contributed by atoms with Gasteiger partial charge in [0.25, 0.3) is 0 Å². The van der Waals surface area contributed by atoms with Gasteiger partial charge in [0, 0.05) is 18.1 Å². The van der Waals surface area contributed by atoms with Gasteiger partial charge in [0.15, 0.2) is 5.82 Å². The molecule has 1 aliphatic heterocycles. The standard InChI is InChI=1S/C12H14N4OS/c17-11-8-18-7-9(11)6-12-13-14-15-16(12)10-4-2-1-3-5-10/h1-5,9,11,17H,6-8H2. The summed E-state index contributed by atoms with van der Waals surface area (Å²) in [5.74, 6) is 2.86. The largest absolute Gasteiger partial charge is 0.392 e. The lowest BCUT2D eigenvalue weighted by Crippen LogP contribution is -2.21. The van der Waals surface area contributed by atoms with Gasteiger partial charge in [-0.05, 0) is 28.3 Å². The number of hydrogen-bond donors (Lipinski definition) is 1. The minimum absolute atomic E-state index is 0.240. The molecule has 94 valence electrons. The van der Waals surface area contributed by atoms with E-state index >= 15 is 0 Å². The molecule has 6 heteroatoms. The molecular formula is C12H14N4OS. The van der Waals surface area contributed by atoms with Crippen molar-refractivity contribution < 1.29 is 5.11 Å². The number of aliphatic hydroxyl groups excluding tert-OH is 1. The average molecular weight is 262 g/mol. The zero-order chi connectivity index (χ0) is 12.4. The highest BCUT2D eigenvalue weighted by atomic mass is 32.2. The van der Waals surface area contributed by atoms with Crippen molar-refractivity contribution in [2.45, 2.75) is 12.5 Å². The van der Waals surface area contributed by atoms with Crippen molar-refractivity contribution in [2.24, 2.45) is 5.92 Å². The third kappa shape index (κ3) is 2.26. The minimum Gasteiger partial charge on any atom is -0.392 e. The molecule has 2 heterocycles. The number of nitrogens with zero attached hydrogens (tertiary/aromatic N) is 4. The zero-order valence-corrected chi connectivity index (χ0v) is 10.6. The monoisotopic (exact) mass is 262 g/mol. The normalized spacial score (nSPS) is 23.4. The number of aromatic nitrogens is 4. The van der Waals surface area contributed by atoms with Gasteiger partial charge in [0.1, 0.15) is 0 Å². The number of rotatable bonds is 3. The van der Waals surface area contributed by atoms with Crippen LogP contribution in [0.4, 0.5) is 0 Å². The van der Waals surface area contributed by atoms with Crippen molar-refractivity contribution in [3.63, 3.8) is 0 Å². The van der Waals surface area contributed by atoms with Gasteiger partial charge in [-0.25, -0.2) is 0 Å². The summed E-state index contributed by atoms with van der Waals surface area (Å²) in [4.78, 5) is 0. The Balaban J connectivity index is 1.84. The van der Waals surface area contributed by atoms with E-state index in [9.17, 15) is 5.11 Å². The molecule has 1 N–H and O–H groups in total. The summed E-state index contributed by atoms with van der Waals surface area (Å²) in [7, 11) is 0. The van der Waals surface area contributed by atoms with Crippen LogP contribution in [-0.4, -0.2) is 42.9 Å². The zero-order valence-electron chi connectivity index (χ0n) is 9.81. The summed E-state index contributed by atoms with van der Waals surface area (Å²) < 4.78 is 1.75. The first kappa shape index (κ1) is 11.7. The van der Waals surface area contributed by atoms with Gasteiger partial charge >= 0.3 is 0 Å². The number of aliphatic hydroxyl groups is 1. The van der Waals surface area contributed by atoms with E-state index in [1.54, 1.807) is 16.4 Å². The average Bonchev–Trinajstić information content (AvgIpc) is 3.01. The molecule has 1 aliphatic rings. The van der Waals surface area contributed by atoms with Gasteiger partial charge in [0.05, 0.1) is 11.8 Å². The molecule has 3 rings (SSSR count). The van der Waals surface area contributed by atoms with Gasteiger partial charge in [-0.15, -0.1) is 5.10 Å². The smallest absolute Gasteiger partial charge is 0.157 e. The molecule has 5 nitrogen and oxygen atoms in total. The van der Waals surface area contributed by atoms with E-state index in [-0.39, 0.29) is 12.0 Å². The number of benzene rings is 1. The lowest BCUT2D eigenvalue weighted by Gasteiger charge is -2.12. The Labute approximate surface area is 109 Å². The maximum Gasteiger partial charge on any atom is 0.157 e. The van der Waals surface area contributed by atoms with Gasteiger partial charge in [-0.2, -0.15) is 16.4 Å². The van der Waals surface area contributed by atoms with Crippen LogP contribution in [0.3, 0.4) is 0 Å². The van der Waals surface area contributed by atoms with Crippen molar-refractivity contribution >= 4 is 11.8 Å². The van der Waals surface area contributed by atoms with Gasteiger partial charge in [-0.1, -0.05) is 18.2 Å². The van der Waals surface area contributed by atoms with Crippen molar-refractivity contribution in [1.29, 1.82) is 0 Å². The number of thioether (sulfide) groups is 1. The van der Waals surface area contributed by atoms with Gasteiger partial charge < -0.3 is 5.11 Å². The molecule has 0 saturated carbocycles. The molecule has 1 saturated heterocycles.